The summed E-state index contributed by atoms with van der Waals surface area (Å²) < 4.78 is 51.2. The Morgan fingerprint density at radius 3 is 2.14 bits per heavy atom. The van der Waals surface area contributed by atoms with E-state index >= 15 is 0 Å². The van der Waals surface area contributed by atoms with Gasteiger partial charge in [0.1, 0.15) is 17.7 Å². The highest BCUT2D eigenvalue weighted by atomic mass is 19.4. The van der Waals surface area contributed by atoms with Crippen molar-refractivity contribution < 1.29 is 32.2 Å². The lowest BCUT2D eigenvalue weighted by Crippen LogP contribution is -2.53. The first-order valence-corrected chi connectivity index (χ1v) is 12.9. The van der Waals surface area contributed by atoms with Crippen LogP contribution < -0.4 is 5.32 Å². The molecule has 2 aliphatic rings. The van der Waals surface area contributed by atoms with Crippen molar-refractivity contribution in [3.63, 3.8) is 0 Å². The minimum absolute atomic E-state index is 0.121. The predicted octanol–water partition coefficient (Wildman–Crippen LogP) is 5.82. The number of esters is 1. The molecular formula is C27H40F3N3O4. The molecule has 0 radical (unpaired) electrons. The normalized spacial score (nSPS) is 18.7. The summed E-state index contributed by atoms with van der Waals surface area (Å²) in [6, 6.07) is 3.64. The third-order valence-corrected chi connectivity index (χ3v) is 6.73. The molecule has 2 aliphatic heterocycles. The van der Waals surface area contributed by atoms with Crippen molar-refractivity contribution in [3.05, 3.63) is 29.3 Å². The molecule has 1 aromatic carbocycles. The van der Waals surface area contributed by atoms with Gasteiger partial charge in [0.15, 0.2) is 0 Å². The van der Waals surface area contributed by atoms with Crippen LogP contribution in [-0.2, 0) is 27.0 Å². The fraction of sp³-hybridized carbons (Fsp3) is 0.704. The van der Waals surface area contributed by atoms with Crippen LogP contribution in [0.2, 0.25) is 0 Å². The molecular weight excluding hydrogens is 487 g/mol. The summed E-state index contributed by atoms with van der Waals surface area (Å²) >= 11 is 0. The molecule has 0 unspecified atom stereocenters. The summed E-state index contributed by atoms with van der Waals surface area (Å²) in [4.78, 5) is 28.8. The Hall–Kier alpha value is -2.49. The molecule has 10 heteroatoms. The maximum Gasteiger partial charge on any atom is 0.416 e. The van der Waals surface area contributed by atoms with Gasteiger partial charge in [-0.1, -0.05) is 6.07 Å². The molecule has 0 aliphatic carbocycles. The lowest BCUT2D eigenvalue weighted by molar-refractivity contribution is -0.152. The number of rotatable bonds is 5. The maximum absolute atomic E-state index is 13.4. The topological polar surface area (TPSA) is 71.1 Å². The molecule has 2 heterocycles. The van der Waals surface area contributed by atoms with E-state index in [1.807, 2.05) is 20.8 Å². The number of likely N-dealkylation sites (tertiary alicyclic amines) is 2. The van der Waals surface area contributed by atoms with Gasteiger partial charge in [0.25, 0.3) is 0 Å². The summed E-state index contributed by atoms with van der Waals surface area (Å²) in [5.74, 6) is -0.539. The zero-order valence-electron chi connectivity index (χ0n) is 22.8. The number of nitrogens with one attached hydrogen (secondary N) is 1. The molecule has 3 rings (SSSR count). The lowest BCUT2D eigenvalue weighted by atomic mass is 9.84. The van der Waals surface area contributed by atoms with Gasteiger partial charge in [-0.25, -0.2) is 4.79 Å². The van der Waals surface area contributed by atoms with Crippen molar-refractivity contribution in [1.29, 1.82) is 0 Å². The van der Waals surface area contributed by atoms with Crippen LogP contribution in [0.4, 0.5) is 23.7 Å². The molecule has 1 amide bonds. The zero-order valence-corrected chi connectivity index (χ0v) is 22.8. The van der Waals surface area contributed by atoms with Gasteiger partial charge in [0.05, 0.1) is 5.56 Å². The van der Waals surface area contributed by atoms with Gasteiger partial charge in [-0.2, -0.15) is 13.2 Å². The van der Waals surface area contributed by atoms with Gasteiger partial charge in [-0.3, -0.25) is 9.69 Å². The van der Waals surface area contributed by atoms with Gasteiger partial charge in [-0.05, 0) is 91.5 Å². The van der Waals surface area contributed by atoms with E-state index in [2.05, 4.69) is 10.2 Å². The lowest BCUT2D eigenvalue weighted by Gasteiger charge is -2.45. The van der Waals surface area contributed by atoms with Crippen LogP contribution in [0.15, 0.2) is 18.2 Å². The second-order valence-corrected chi connectivity index (χ2v) is 12.0. The third-order valence-electron chi connectivity index (χ3n) is 6.73. The number of piperidine rings is 1. The fourth-order valence-electron chi connectivity index (χ4n) is 5.05. The first-order chi connectivity index (χ1) is 17.0. The summed E-state index contributed by atoms with van der Waals surface area (Å²) in [5.41, 5.74) is -1.18. The van der Waals surface area contributed by atoms with Crippen LogP contribution in [0, 0.1) is 0 Å². The van der Waals surface area contributed by atoms with Gasteiger partial charge in [0, 0.05) is 30.9 Å². The van der Waals surface area contributed by atoms with Crippen LogP contribution in [0.3, 0.4) is 0 Å². The Bertz CT molecular complexity index is 975. The largest absolute Gasteiger partial charge is 0.459 e. The van der Waals surface area contributed by atoms with Gasteiger partial charge in [-0.15, -0.1) is 0 Å². The SMILES string of the molecule is CC(C)(C)OC(=O)CNc1cc(C(F)(F)F)ccc1CN1CCCC12CCN(C(=O)OC(C)(C)C)CC2. The molecule has 37 heavy (non-hydrogen) atoms. The highest BCUT2D eigenvalue weighted by Crippen LogP contribution is 2.41. The third kappa shape index (κ3) is 7.99. The van der Waals surface area contributed by atoms with Crippen LogP contribution >= 0.6 is 0 Å². The van der Waals surface area contributed by atoms with Crippen LogP contribution in [0.1, 0.15) is 78.4 Å². The summed E-state index contributed by atoms with van der Waals surface area (Å²) in [6.07, 6.45) is -1.32. The summed E-state index contributed by atoms with van der Waals surface area (Å²) in [5, 5.41) is 2.89. The Morgan fingerprint density at radius 2 is 1.57 bits per heavy atom. The predicted molar refractivity (Wildman–Crippen MR) is 135 cm³/mol. The van der Waals surface area contributed by atoms with E-state index in [-0.39, 0.29) is 23.9 Å². The number of carbonyl (C=O) groups is 2. The van der Waals surface area contributed by atoms with Crippen LogP contribution in [0.5, 0.6) is 0 Å². The number of alkyl halides is 3. The standard InChI is InChI=1S/C27H40F3N3O4/c1-24(2,3)36-22(34)17-31-21-16-20(27(28,29)30)9-8-19(21)18-33-13-7-10-26(33)11-14-32(15-12-26)23(35)37-25(4,5)6/h8-9,16,31H,7,10-15,17-18H2,1-6H3. The van der Waals surface area contributed by atoms with E-state index in [1.165, 1.54) is 6.07 Å². The number of carbonyl (C=O) groups excluding carboxylic acids is 2. The second kappa shape index (κ2) is 10.7. The first-order valence-electron chi connectivity index (χ1n) is 12.9. The molecule has 0 aromatic heterocycles. The smallest absolute Gasteiger partial charge is 0.416 e. The highest BCUT2D eigenvalue weighted by molar-refractivity contribution is 5.76. The Balaban J connectivity index is 1.74. The number of hydrogen-bond acceptors (Lipinski definition) is 6. The Labute approximate surface area is 217 Å². The summed E-state index contributed by atoms with van der Waals surface area (Å²) in [7, 11) is 0. The molecule has 0 bridgehead atoms. The molecule has 0 saturated carbocycles. The molecule has 7 nitrogen and oxygen atoms in total. The molecule has 1 N–H and O–H groups in total. The average Bonchev–Trinajstić information content (AvgIpc) is 3.11. The summed E-state index contributed by atoms with van der Waals surface area (Å²) in [6.45, 7) is 12.9. The van der Waals surface area contributed by atoms with E-state index < -0.39 is 28.9 Å². The molecule has 2 fully saturated rings. The van der Waals surface area contributed by atoms with Crippen molar-refractivity contribution in [2.75, 3.05) is 31.5 Å². The van der Waals surface area contributed by atoms with E-state index in [9.17, 15) is 22.8 Å². The van der Waals surface area contributed by atoms with Crippen molar-refractivity contribution >= 4 is 17.7 Å². The molecule has 208 valence electrons. The average molecular weight is 528 g/mol. The minimum atomic E-state index is -4.50. The van der Waals surface area contributed by atoms with E-state index in [4.69, 9.17) is 9.47 Å². The molecule has 2 saturated heterocycles. The highest BCUT2D eigenvalue weighted by Gasteiger charge is 2.44. The van der Waals surface area contributed by atoms with E-state index in [1.54, 1.807) is 25.7 Å². The van der Waals surface area contributed by atoms with Crippen LogP contribution in [-0.4, -0.2) is 64.8 Å². The molecule has 1 spiro atoms. The minimum Gasteiger partial charge on any atom is -0.459 e. The van der Waals surface area contributed by atoms with E-state index in [0.717, 1.165) is 44.4 Å². The van der Waals surface area contributed by atoms with Crippen molar-refractivity contribution in [2.45, 2.75) is 96.7 Å². The quantitative estimate of drug-likeness (QED) is 0.487. The van der Waals surface area contributed by atoms with E-state index in [0.29, 0.717) is 25.2 Å². The number of amides is 1. The maximum atomic E-state index is 13.4. The number of hydrogen-bond donors (Lipinski definition) is 1. The van der Waals surface area contributed by atoms with Crippen molar-refractivity contribution in [1.82, 2.24) is 9.80 Å². The number of ether oxygens (including phenoxy) is 2. The Kier molecular flexibility index (Phi) is 8.41. The number of anilines is 1. The zero-order chi connectivity index (χ0) is 27.6. The first kappa shape index (κ1) is 29.1. The van der Waals surface area contributed by atoms with Crippen molar-refractivity contribution in [2.24, 2.45) is 0 Å². The van der Waals surface area contributed by atoms with Gasteiger partial charge < -0.3 is 19.7 Å². The van der Waals surface area contributed by atoms with Gasteiger partial charge in [0.2, 0.25) is 0 Å². The van der Waals surface area contributed by atoms with Crippen LogP contribution in [0.25, 0.3) is 0 Å². The number of benzene rings is 1. The second-order valence-electron chi connectivity index (χ2n) is 12.0. The Morgan fingerprint density at radius 1 is 0.946 bits per heavy atom. The monoisotopic (exact) mass is 527 g/mol. The molecule has 1 aromatic rings. The fourth-order valence-corrected chi connectivity index (χ4v) is 5.05. The van der Waals surface area contributed by atoms with Gasteiger partial charge >= 0.3 is 18.2 Å². The molecule has 0 atom stereocenters. The number of halogens is 3. The number of nitrogens with zero attached hydrogens (tertiary/aromatic N) is 2. The van der Waals surface area contributed by atoms with Crippen molar-refractivity contribution in [3.8, 4) is 0 Å².